The maximum Gasteiger partial charge on any atom is 0.150 e. The van der Waals surface area contributed by atoms with E-state index in [4.69, 9.17) is 9.47 Å². The Labute approximate surface area is 227 Å². The summed E-state index contributed by atoms with van der Waals surface area (Å²) in [6.45, 7) is 4.05. The van der Waals surface area contributed by atoms with Crippen LogP contribution < -0.4 is 14.8 Å². The van der Waals surface area contributed by atoms with Gasteiger partial charge >= 0.3 is 0 Å². The summed E-state index contributed by atoms with van der Waals surface area (Å²) in [5.41, 5.74) is 6.46. The van der Waals surface area contributed by atoms with Gasteiger partial charge in [0.1, 0.15) is 35.2 Å². The second-order valence-electron chi connectivity index (χ2n) is 9.75. The van der Waals surface area contributed by atoms with Crippen molar-refractivity contribution in [1.82, 2.24) is 5.32 Å². The van der Waals surface area contributed by atoms with Crippen molar-refractivity contribution in [3.63, 3.8) is 0 Å². The smallest absolute Gasteiger partial charge is 0.150 e. The van der Waals surface area contributed by atoms with Crippen LogP contribution in [0.1, 0.15) is 45.5 Å². The molecule has 0 saturated heterocycles. The van der Waals surface area contributed by atoms with Gasteiger partial charge in [-0.1, -0.05) is 96.1 Å². The van der Waals surface area contributed by atoms with E-state index in [2.05, 4.69) is 17.5 Å². The van der Waals surface area contributed by atoms with E-state index in [1.165, 1.54) is 0 Å². The van der Waals surface area contributed by atoms with Gasteiger partial charge in [-0.15, -0.1) is 0 Å². The normalized spacial score (nSPS) is 17.7. The van der Waals surface area contributed by atoms with Gasteiger partial charge in [0, 0.05) is 22.3 Å². The summed E-state index contributed by atoms with van der Waals surface area (Å²) in [6, 6.07) is 35.1. The van der Waals surface area contributed by atoms with Gasteiger partial charge in [-0.3, -0.25) is 5.32 Å². The average molecular weight is 508 g/mol. The second kappa shape index (κ2) is 9.99. The molecule has 0 saturated carbocycles. The number of para-hydroxylation sites is 2. The number of fused-ring (bicyclic) bond motifs is 2. The lowest BCUT2D eigenvalue weighted by Gasteiger charge is -2.34. The number of nitrogens with zero attached hydrogens (tertiary/aromatic N) is 2. The predicted molar refractivity (Wildman–Crippen MR) is 150 cm³/mol. The molecule has 6 rings (SSSR count). The fraction of sp³-hybridized carbons (Fsp3) is 0.118. The van der Waals surface area contributed by atoms with Crippen molar-refractivity contribution in [3.8, 4) is 23.6 Å². The highest BCUT2D eigenvalue weighted by molar-refractivity contribution is 5.76. The molecule has 0 spiro atoms. The van der Waals surface area contributed by atoms with Crippen molar-refractivity contribution in [2.75, 3.05) is 0 Å². The standard InChI is InChI=1S/C34H25N3O2/c1-21-11-15-23(16-12-21)33-27(19-35)31(25-7-3-5-9-29(25)38-33)37-32-26-8-4-6-10-30(26)39-34(28(32)20-36)24-17-13-22(2)14-18-24/h3-18,31-32,37H,1-2H3. The summed E-state index contributed by atoms with van der Waals surface area (Å²) >= 11 is 0. The average Bonchev–Trinajstić information content (AvgIpc) is 2.97. The van der Waals surface area contributed by atoms with Gasteiger partial charge in [0.2, 0.25) is 0 Å². The third-order valence-corrected chi connectivity index (χ3v) is 7.15. The van der Waals surface area contributed by atoms with Gasteiger partial charge in [0.15, 0.2) is 0 Å². The number of hydrogen-bond donors (Lipinski definition) is 1. The predicted octanol–water partition coefficient (Wildman–Crippen LogP) is 7.33. The Morgan fingerprint density at radius 1 is 0.564 bits per heavy atom. The topological polar surface area (TPSA) is 78.1 Å². The van der Waals surface area contributed by atoms with E-state index < -0.39 is 12.1 Å². The number of nitriles is 2. The lowest BCUT2D eigenvalue weighted by atomic mass is 9.88. The highest BCUT2D eigenvalue weighted by atomic mass is 16.5. The van der Waals surface area contributed by atoms with Crippen LogP contribution in [-0.4, -0.2) is 0 Å². The SMILES string of the molecule is Cc1ccc(C2=C(C#N)C(NC3C(C#N)=C(c4ccc(C)cc4)Oc4ccccc43)c3ccccc3O2)cc1. The lowest BCUT2D eigenvalue weighted by molar-refractivity contribution is 0.423. The maximum absolute atomic E-state index is 10.4. The van der Waals surface area contributed by atoms with Crippen LogP contribution in [0.2, 0.25) is 0 Å². The van der Waals surface area contributed by atoms with Crippen molar-refractivity contribution >= 4 is 11.5 Å². The highest BCUT2D eigenvalue weighted by Gasteiger charge is 2.37. The molecule has 4 aromatic rings. The molecule has 2 heterocycles. The molecule has 0 bridgehead atoms. The highest BCUT2D eigenvalue weighted by Crippen LogP contribution is 2.46. The molecule has 0 amide bonds. The van der Waals surface area contributed by atoms with E-state index in [0.717, 1.165) is 33.4 Å². The van der Waals surface area contributed by atoms with Crippen LogP contribution in [0.5, 0.6) is 11.5 Å². The molecule has 2 unspecified atom stereocenters. The Hall–Kier alpha value is -5.10. The maximum atomic E-state index is 10.4. The minimum atomic E-state index is -0.518. The molecular formula is C34H25N3O2. The van der Waals surface area contributed by atoms with Crippen LogP contribution in [0.4, 0.5) is 0 Å². The molecule has 4 aromatic carbocycles. The first kappa shape index (κ1) is 24.2. The number of hydrogen-bond acceptors (Lipinski definition) is 5. The van der Waals surface area contributed by atoms with Gasteiger partial charge in [-0.25, -0.2) is 0 Å². The van der Waals surface area contributed by atoms with Crippen molar-refractivity contribution in [2.45, 2.75) is 25.9 Å². The van der Waals surface area contributed by atoms with E-state index in [0.29, 0.717) is 34.2 Å². The Bertz CT molecular complexity index is 1590. The Balaban J connectivity index is 1.52. The van der Waals surface area contributed by atoms with Crippen LogP contribution in [0.15, 0.2) is 108 Å². The molecule has 1 N–H and O–H groups in total. The Morgan fingerprint density at radius 3 is 1.33 bits per heavy atom. The zero-order valence-electron chi connectivity index (χ0n) is 21.6. The monoisotopic (exact) mass is 507 g/mol. The molecular weight excluding hydrogens is 482 g/mol. The van der Waals surface area contributed by atoms with E-state index in [9.17, 15) is 10.5 Å². The van der Waals surface area contributed by atoms with Crippen LogP contribution in [0.3, 0.4) is 0 Å². The van der Waals surface area contributed by atoms with Gasteiger partial charge < -0.3 is 9.47 Å². The zero-order chi connectivity index (χ0) is 26.9. The molecule has 39 heavy (non-hydrogen) atoms. The fourth-order valence-electron chi connectivity index (χ4n) is 5.11. The van der Waals surface area contributed by atoms with Crippen LogP contribution in [0, 0.1) is 36.5 Å². The van der Waals surface area contributed by atoms with Crippen molar-refractivity contribution in [1.29, 1.82) is 10.5 Å². The molecule has 0 aliphatic carbocycles. The molecule has 0 radical (unpaired) electrons. The first-order valence-corrected chi connectivity index (χ1v) is 12.8. The minimum absolute atomic E-state index is 0.454. The van der Waals surface area contributed by atoms with Gasteiger partial charge in [0.05, 0.1) is 23.2 Å². The molecule has 5 heteroatoms. The summed E-state index contributed by atoms with van der Waals surface area (Å²) in [4.78, 5) is 0. The fourth-order valence-corrected chi connectivity index (χ4v) is 5.11. The zero-order valence-corrected chi connectivity index (χ0v) is 21.6. The van der Waals surface area contributed by atoms with E-state index >= 15 is 0 Å². The largest absolute Gasteiger partial charge is 0.455 e. The molecule has 5 nitrogen and oxygen atoms in total. The summed E-state index contributed by atoms with van der Waals surface area (Å²) in [7, 11) is 0. The third-order valence-electron chi connectivity index (χ3n) is 7.15. The van der Waals surface area contributed by atoms with Crippen molar-refractivity contribution < 1.29 is 9.47 Å². The summed E-state index contributed by atoms with van der Waals surface area (Å²) in [6.07, 6.45) is 0. The summed E-state index contributed by atoms with van der Waals surface area (Å²) < 4.78 is 12.6. The number of ether oxygens (including phenoxy) is 2. The lowest BCUT2D eigenvalue weighted by Crippen LogP contribution is -2.33. The Kier molecular flexibility index (Phi) is 6.21. The number of rotatable bonds is 4. The van der Waals surface area contributed by atoms with Gasteiger partial charge in [-0.05, 0) is 26.0 Å². The third kappa shape index (κ3) is 4.36. The van der Waals surface area contributed by atoms with Crippen molar-refractivity contribution in [2.24, 2.45) is 0 Å². The van der Waals surface area contributed by atoms with E-state index in [-0.39, 0.29) is 0 Å². The van der Waals surface area contributed by atoms with E-state index in [1.807, 2.05) is 111 Å². The number of aryl methyl sites for hydroxylation is 2. The van der Waals surface area contributed by atoms with Gasteiger partial charge in [-0.2, -0.15) is 10.5 Å². The minimum Gasteiger partial charge on any atom is -0.455 e. The van der Waals surface area contributed by atoms with Crippen LogP contribution in [0.25, 0.3) is 11.5 Å². The van der Waals surface area contributed by atoms with Crippen molar-refractivity contribution in [3.05, 3.63) is 142 Å². The summed E-state index contributed by atoms with van der Waals surface area (Å²) in [5.74, 6) is 2.36. The molecule has 2 aliphatic heterocycles. The molecule has 188 valence electrons. The summed E-state index contributed by atoms with van der Waals surface area (Å²) in [5, 5.41) is 24.6. The van der Waals surface area contributed by atoms with Gasteiger partial charge in [0.25, 0.3) is 0 Å². The van der Waals surface area contributed by atoms with Crippen LogP contribution in [-0.2, 0) is 0 Å². The first-order valence-electron chi connectivity index (χ1n) is 12.8. The number of benzene rings is 4. The molecule has 0 aromatic heterocycles. The molecule has 2 aliphatic rings. The van der Waals surface area contributed by atoms with E-state index in [1.54, 1.807) is 0 Å². The number of nitrogens with one attached hydrogen (secondary N) is 1. The molecule has 2 atom stereocenters. The Morgan fingerprint density at radius 2 is 0.949 bits per heavy atom. The first-order chi connectivity index (χ1) is 19.1. The molecule has 0 fully saturated rings. The quantitative estimate of drug-likeness (QED) is 0.313. The van der Waals surface area contributed by atoms with Crippen LogP contribution >= 0.6 is 0 Å². The second-order valence-corrected chi connectivity index (χ2v) is 9.75.